The summed E-state index contributed by atoms with van der Waals surface area (Å²) in [4.78, 5) is 42.1. The molecule has 0 saturated carbocycles. The van der Waals surface area contributed by atoms with Crippen molar-refractivity contribution in [2.75, 3.05) is 0 Å². The number of ether oxygens (including phenoxy) is 1. The van der Waals surface area contributed by atoms with Gasteiger partial charge >= 0.3 is 11.7 Å². The van der Waals surface area contributed by atoms with Crippen LogP contribution in [0.15, 0.2) is 64.2 Å². The van der Waals surface area contributed by atoms with Crippen molar-refractivity contribution >= 4 is 29.3 Å². The molecule has 168 valence electrons. The van der Waals surface area contributed by atoms with Crippen molar-refractivity contribution in [2.45, 2.75) is 26.9 Å². The minimum absolute atomic E-state index is 0.297. The number of hydrogen-bond acceptors (Lipinski definition) is 5. The highest BCUT2D eigenvalue weighted by atomic mass is 16.5. The van der Waals surface area contributed by atoms with E-state index in [9.17, 15) is 14.4 Å². The lowest BCUT2D eigenvalue weighted by Crippen LogP contribution is -2.39. The number of aromatic nitrogens is 4. The molecule has 33 heavy (non-hydrogen) atoms. The maximum atomic E-state index is 12.8. The van der Waals surface area contributed by atoms with Gasteiger partial charge in [0.15, 0.2) is 11.2 Å². The van der Waals surface area contributed by atoms with Crippen LogP contribution in [0.2, 0.25) is 0 Å². The first-order valence-electron chi connectivity index (χ1n) is 10.7. The first-order valence-corrected chi connectivity index (χ1v) is 10.7. The van der Waals surface area contributed by atoms with Crippen molar-refractivity contribution < 1.29 is 9.53 Å². The van der Waals surface area contributed by atoms with E-state index in [4.69, 9.17) is 4.74 Å². The van der Waals surface area contributed by atoms with Gasteiger partial charge in [-0.3, -0.25) is 13.9 Å². The highest BCUT2D eigenvalue weighted by molar-refractivity contribution is 5.91. The van der Waals surface area contributed by atoms with Gasteiger partial charge in [-0.25, -0.2) is 14.6 Å². The van der Waals surface area contributed by atoms with Crippen LogP contribution >= 0.6 is 0 Å². The Morgan fingerprint density at radius 2 is 1.61 bits per heavy atom. The molecule has 0 radical (unpaired) electrons. The van der Waals surface area contributed by atoms with Crippen LogP contribution in [-0.4, -0.2) is 24.7 Å². The summed E-state index contributed by atoms with van der Waals surface area (Å²) in [5.74, 6) is 0.575. The fourth-order valence-corrected chi connectivity index (χ4v) is 3.65. The Bertz CT molecular complexity index is 1460. The largest absolute Gasteiger partial charge is 0.423 e. The molecule has 0 aliphatic heterocycles. The number of hydrogen-bond donors (Lipinski definition) is 0. The highest BCUT2D eigenvalue weighted by Gasteiger charge is 2.17. The van der Waals surface area contributed by atoms with Crippen molar-refractivity contribution in [1.29, 1.82) is 0 Å². The van der Waals surface area contributed by atoms with E-state index >= 15 is 0 Å². The first kappa shape index (κ1) is 22.0. The molecule has 8 nitrogen and oxygen atoms in total. The maximum absolute atomic E-state index is 12.8. The zero-order valence-electron chi connectivity index (χ0n) is 18.7. The molecule has 0 N–H and O–H groups in total. The molecule has 0 spiro atoms. The molecular weight excluding hydrogens is 420 g/mol. The number of carbonyl (C=O) groups is 1. The Hall–Kier alpha value is -4.20. The first-order chi connectivity index (χ1) is 15.9. The van der Waals surface area contributed by atoms with Gasteiger partial charge in [-0.2, -0.15) is 0 Å². The van der Waals surface area contributed by atoms with Crippen LogP contribution in [0, 0.1) is 0 Å². The van der Waals surface area contributed by atoms with Crippen molar-refractivity contribution in [3.05, 3.63) is 92.4 Å². The highest BCUT2D eigenvalue weighted by Crippen LogP contribution is 2.17. The summed E-state index contributed by atoms with van der Waals surface area (Å²) in [5.41, 5.74) is 1.41. The van der Waals surface area contributed by atoms with Gasteiger partial charge in [0.2, 0.25) is 0 Å². The molecule has 4 rings (SSSR count). The number of imidazole rings is 1. The summed E-state index contributed by atoms with van der Waals surface area (Å²) in [6, 6.07) is 15.9. The fraction of sp³-hybridized carbons (Fsp3) is 0.200. The molecule has 0 amide bonds. The average molecular weight is 444 g/mol. The van der Waals surface area contributed by atoms with Crippen LogP contribution < -0.4 is 16.0 Å². The third-order valence-corrected chi connectivity index (χ3v) is 5.43. The number of carbonyl (C=O) groups excluding carboxylic acids is 1. The molecule has 0 atom stereocenters. The standard InChI is InChI=1S/C25H24N4O4/c1-4-28-22-21(23(30)29(5-2)25(28)32)27(3)20(26-22)16-13-17-11-14-19(15-12-17)33-24(31)18-9-7-6-8-10-18/h6-16H,4-5H2,1-3H3. The predicted octanol–water partition coefficient (Wildman–Crippen LogP) is 3.33. The Morgan fingerprint density at radius 1 is 0.939 bits per heavy atom. The van der Waals surface area contributed by atoms with Crippen LogP contribution in [0.25, 0.3) is 23.3 Å². The van der Waals surface area contributed by atoms with Crippen LogP contribution in [0.4, 0.5) is 0 Å². The van der Waals surface area contributed by atoms with Gasteiger partial charge in [-0.1, -0.05) is 36.4 Å². The summed E-state index contributed by atoms with van der Waals surface area (Å²) < 4.78 is 9.82. The minimum atomic E-state index is -0.418. The second kappa shape index (κ2) is 9.12. The summed E-state index contributed by atoms with van der Waals surface area (Å²) >= 11 is 0. The number of rotatable bonds is 6. The van der Waals surface area contributed by atoms with Gasteiger partial charge in [-0.15, -0.1) is 0 Å². The third kappa shape index (κ3) is 4.15. The fourth-order valence-electron chi connectivity index (χ4n) is 3.65. The van der Waals surface area contributed by atoms with Gasteiger partial charge in [0.05, 0.1) is 5.56 Å². The van der Waals surface area contributed by atoms with Gasteiger partial charge in [0, 0.05) is 20.1 Å². The Kier molecular flexibility index (Phi) is 6.08. The summed E-state index contributed by atoms with van der Waals surface area (Å²) in [6.07, 6.45) is 3.63. The van der Waals surface area contributed by atoms with E-state index in [0.717, 1.165) is 5.56 Å². The van der Waals surface area contributed by atoms with Crippen molar-refractivity contribution in [3.8, 4) is 5.75 Å². The number of esters is 1. The molecule has 4 aromatic rings. The van der Waals surface area contributed by atoms with Crippen molar-refractivity contribution in [2.24, 2.45) is 7.05 Å². The number of nitrogens with zero attached hydrogens (tertiary/aromatic N) is 4. The molecule has 2 heterocycles. The zero-order valence-corrected chi connectivity index (χ0v) is 18.7. The summed E-state index contributed by atoms with van der Waals surface area (Å²) in [7, 11) is 1.76. The lowest BCUT2D eigenvalue weighted by Gasteiger charge is -2.08. The second-order valence-electron chi connectivity index (χ2n) is 7.44. The van der Waals surface area contributed by atoms with Crippen LogP contribution in [0.3, 0.4) is 0 Å². The molecule has 8 heteroatoms. The quantitative estimate of drug-likeness (QED) is 0.336. The molecule has 0 saturated heterocycles. The lowest BCUT2D eigenvalue weighted by molar-refractivity contribution is 0.0734. The second-order valence-corrected chi connectivity index (χ2v) is 7.44. The maximum Gasteiger partial charge on any atom is 0.343 e. The zero-order chi connectivity index (χ0) is 23.5. The van der Waals surface area contributed by atoms with Gasteiger partial charge in [-0.05, 0) is 49.8 Å². The predicted molar refractivity (Wildman–Crippen MR) is 127 cm³/mol. The molecule has 2 aromatic heterocycles. The minimum Gasteiger partial charge on any atom is -0.423 e. The van der Waals surface area contributed by atoms with E-state index in [2.05, 4.69) is 4.98 Å². The number of aryl methyl sites for hydroxylation is 2. The average Bonchev–Trinajstić information content (AvgIpc) is 3.16. The van der Waals surface area contributed by atoms with Gasteiger partial charge in [0.25, 0.3) is 5.56 Å². The summed E-state index contributed by atoms with van der Waals surface area (Å²) in [5, 5.41) is 0. The number of fused-ring (bicyclic) bond motifs is 1. The van der Waals surface area contributed by atoms with E-state index < -0.39 is 5.97 Å². The van der Waals surface area contributed by atoms with E-state index in [1.807, 2.05) is 31.2 Å². The van der Waals surface area contributed by atoms with Crippen LogP contribution in [-0.2, 0) is 20.1 Å². The molecule has 0 bridgehead atoms. The third-order valence-electron chi connectivity index (χ3n) is 5.43. The van der Waals surface area contributed by atoms with Crippen LogP contribution in [0.1, 0.15) is 35.6 Å². The summed E-state index contributed by atoms with van der Waals surface area (Å²) in [6.45, 7) is 4.33. The molecule has 0 unspecified atom stereocenters. The Morgan fingerprint density at radius 3 is 2.24 bits per heavy atom. The molecule has 0 aliphatic rings. The smallest absolute Gasteiger partial charge is 0.343 e. The number of benzene rings is 2. The Labute approximate surface area is 190 Å². The van der Waals surface area contributed by atoms with Gasteiger partial charge < -0.3 is 9.30 Å². The van der Waals surface area contributed by atoms with E-state index in [1.165, 1.54) is 9.13 Å². The molecule has 0 fully saturated rings. The van der Waals surface area contributed by atoms with E-state index in [-0.39, 0.29) is 11.2 Å². The van der Waals surface area contributed by atoms with E-state index in [0.29, 0.717) is 41.4 Å². The monoisotopic (exact) mass is 444 g/mol. The van der Waals surface area contributed by atoms with Crippen LogP contribution in [0.5, 0.6) is 5.75 Å². The SMILES string of the molecule is CCn1c(=O)c2c(nc(C=Cc3ccc(OC(=O)c4ccccc4)cc3)n2C)n(CC)c1=O. The Balaban J connectivity index is 1.60. The van der Waals surface area contributed by atoms with Crippen molar-refractivity contribution in [1.82, 2.24) is 18.7 Å². The normalized spacial score (nSPS) is 11.4. The lowest BCUT2D eigenvalue weighted by atomic mass is 10.2. The molecule has 2 aromatic carbocycles. The topological polar surface area (TPSA) is 88.1 Å². The molecular formula is C25H24N4O4. The van der Waals surface area contributed by atoms with Crippen molar-refractivity contribution in [3.63, 3.8) is 0 Å². The van der Waals surface area contributed by atoms with E-state index in [1.54, 1.807) is 61.0 Å². The molecule has 0 aliphatic carbocycles. The van der Waals surface area contributed by atoms with Gasteiger partial charge in [0.1, 0.15) is 11.6 Å².